The molecule has 5 heteroatoms. The molecule has 0 atom stereocenters. The van der Waals surface area contributed by atoms with Crippen molar-refractivity contribution in [2.75, 3.05) is 26.3 Å². The van der Waals surface area contributed by atoms with Gasteiger partial charge >= 0.3 is 0 Å². The third-order valence-electron chi connectivity index (χ3n) is 2.92. The van der Waals surface area contributed by atoms with Crippen LogP contribution in [-0.2, 0) is 4.74 Å². The van der Waals surface area contributed by atoms with Crippen LogP contribution in [0.1, 0.15) is 4.88 Å². The van der Waals surface area contributed by atoms with Gasteiger partial charge in [-0.05, 0) is 12.1 Å². The summed E-state index contributed by atoms with van der Waals surface area (Å²) in [6, 6.07) is 7.83. The average Bonchev–Trinajstić information content (AvgIpc) is 2.75. The molecule has 3 rings (SSSR count). The molecule has 2 heterocycles. The second-order valence-electron chi connectivity index (χ2n) is 4.12. The van der Waals surface area contributed by atoms with Gasteiger partial charge in [0.2, 0.25) is 0 Å². The van der Waals surface area contributed by atoms with E-state index in [4.69, 9.17) is 4.74 Å². The molecule has 4 nitrogen and oxygen atoms in total. The van der Waals surface area contributed by atoms with E-state index < -0.39 is 0 Å². The fourth-order valence-electron chi connectivity index (χ4n) is 1.94. The number of nitrogens with zero attached hydrogens (tertiary/aromatic N) is 2. The van der Waals surface area contributed by atoms with Gasteiger partial charge in [0.1, 0.15) is 5.75 Å². The number of hydrogen-bond donors (Lipinski definition) is 1. The zero-order valence-corrected chi connectivity index (χ0v) is 10.7. The number of morpholine rings is 1. The summed E-state index contributed by atoms with van der Waals surface area (Å²) in [6.45, 7) is 3.05. The maximum Gasteiger partial charge on any atom is 0.143 e. The third-order valence-corrected chi connectivity index (χ3v) is 4.02. The number of benzene rings is 1. The Hall–Kier alpha value is -1.59. The highest BCUT2D eigenvalue weighted by molar-refractivity contribution is 7.21. The van der Waals surface area contributed by atoms with E-state index in [1.54, 1.807) is 17.6 Å². The van der Waals surface area contributed by atoms with Crippen LogP contribution in [0.3, 0.4) is 0 Å². The first-order valence-electron chi connectivity index (χ1n) is 5.92. The molecule has 0 aliphatic carbocycles. The lowest BCUT2D eigenvalue weighted by Gasteiger charge is -2.23. The van der Waals surface area contributed by atoms with Gasteiger partial charge < -0.3 is 9.84 Å². The van der Waals surface area contributed by atoms with Crippen molar-refractivity contribution in [2.45, 2.75) is 0 Å². The highest BCUT2D eigenvalue weighted by atomic mass is 32.1. The summed E-state index contributed by atoms with van der Waals surface area (Å²) in [5, 5.41) is 17.3. The number of fused-ring (bicyclic) bond motifs is 1. The molecular weight excluding hydrogens is 248 g/mol. The summed E-state index contributed by atoms with van der Waals surface area (Å²) in [5.41, 5.74) is 0. The van der Waals surface area contributed by atoms with Crippen molar-refractivity contribution >= 4 is 27.6 Å². The second-order valence-corrected chi connectivity index (χ2v) is 5.21. The third kappa shape index (κ3) is 2.19. The zero-order chi connectivity index (χ0) is 12.4. The van der Waals surface area contributed by atoms with Crippen molar-refractivity contribution in [1.29, 1.82) is 0 Å². The number of hydrogen-bond acceptors (Lipinski definition) is 5. The molecule has 0 bridgehead atoms. The first-order chi connectivity index (χ1) is 8.84. The second kappa shape index (κ2) is 4.96. The van der Waals surface area contributed by atoms with Crippen molar-refractivity contribution in [2.24, 2.45) is 5.10 Å². The minimum absolute atomic E-state index is 0.326. The van der Waals surface area contributed by atoms with E-state index in [2.05, 4.69) is 5.10 Å². The van der Waals surface area contributed by atoms with Gasteiger partial charge in [0.15, 0.2) is 0 Å². The molecule has 0 radical (unpaired) electrons. The molecule has 94 valence electrons. The molecule has 1 aromatic carbocycles. The maximum atomic E-state index is 10.1. The van der Waals surface area contributed by atoms with E-state index in [-0.39, 0.29) is 0 Å². The van der Waals surface area contributed by atoms with Crippen molar-refractivity contribution in [3.63, 3.8) is 0 Å². The van der Waals surface area contributed by atoms with Crippen LogP contribution >= 0.6 is 11.3 Å². The molecule has 18 heavy (non-hydrogen) atoms. The summed E-state index contributed by atoms with van der Waals surface area (Å²) in [7, 11) is 0. The van der Waals surface area contributed by atoms with Crippen LogP contribution in [0.2, 0.25) is 0 Å². The standard InChI is InChI=1S/C13H14N2O2S/c16-13-10-3-1-2-4-11(10)18-12(13)9-14-15-5-7-17-8-6-15/h1-4,9,16H,5-8H2/b14-9+. The first-order valence-corrected chi connectivity index (χ1v) is 6.73. The van der Waals surface area contributed by atoms with Crippen LogP contribution in [0.15, 0.2) is 29.4 Å². The highest BCUT2D eigenvalue weighted by Gasteiger charge is 2.10. The summed E-state index contributed by atoms with van der Waals surface area (Å²) >= 11 is 1.56. The SMILES string of the molecule is Oc1c(/C=N/N2CCOCC2)sc2ccccc12. The van der Waals surface area contributed by atoms with E-state index in [0.717, 1.165) is 41.3 Å². The minimum Gasteiger partial charge on any atom is -0.506 e. The number of hydrazone groups is 1. The van der Waals surface area contributed by atoms with Gasteiger partial charge in [0.05, 0.1) is 37.4 Å². The Balaban J connectivity index is 1.85. The Morgan fingerprint density at radius 1 is 1.28 bits per heavy atom. The molecule has 1 aliphatic rings. The van der Waals surface area contributed by atoms with Crippen molar-refractivity contribution in [1.82, 2.24) is 5.01 Å². The van der Waals surface area contributed by atoms with E-state index in [9.17, 15) is 5.11 Å². The van der Waals surface area contributed by atoms with Crippen LogP contribution in [0.25, 0.3) is 10.1 Å². The summed E-state index contributed by atoms with van der Waals surface area (Å²) in [4.78, 5) is 0.808. The molecule has 0 saturated carbocycles. The smallest absolute Gasteiger partial charge is 0.143 e. The molecular formula is C13H14N2O2S. The molecule has 0 amide bonds. The fraction of sp³-hybridized carbons (Fsp3) is 0.308. The number of ether oxygens (including phenoxy) is 1. The molecule has 2 aromatic rings. The first kappa shape index (κ1) is 11.5. The molecule has 1 saturated heterocycles. The Morgan fingerprint density at radius 2 is 2.06 bits per heavy atom. The minimum atomic E-state index is 0.326. The van der Waals surface area contributed by atoms with Crippen LogP contribution in [-0.4, -0.2) is 42.6 Å². The summed E-state index contributed by atoms with van der Waals surface area (Å²) < 4.78 is 6.34. The van der Waals surface area contributed by atoms with Gasteiger partial charge in [-0.25, -0.2) is 0 Å². The van der Waals surface area contributed by atoms with E-state index in [0.29, 0.717) is 5.75 Å². The predicted octanol–water partition coefficient (Wildman–Crippen LogP) is 2.27. The molecule has 1 aromatic heterocycles. The molecule has 1 fully saturated rings. The van der Waals surface area contributed by atoms with Crippen LogP contribution < -0.4 is 0 Å². The number of rotatable bonds is 2. The van der Waals surface area contributed by atoms with Crippen molar-refractivity contribution in [3.05, 3.63) is 29.1 Å². The van der Waals surface area contributed by atoms with Gasteiger partial charge in [-0.2, -0.15) is 5.10 Å². The molecule has 1 aliphatic heterocycles. The topological polar surface area (TPSA) is 45.1 Å². The van der Waals surface area contributed by atoms with Gasteiger partial charge in [0, 0.05) is 10.1 Å². The molecule has 0 unspecified atom stereocenters. The average molecular weight is 262 g/mol. The van der Waals surface area contributed by atoms with E-state index >= 15 is 0 Å². The Kier molecular flexibility index (Phi) is 3.17. The molecule has 0 spiro atoms. The van der Waals surface area contributed by atoms with E-state index in [1.807, 2.05) is 29.3 Å². The summed E-state index contributed by atoms with van der Waals surface area (Å²) in [5.74, 6) is 0.326. The van der Waals surface area contributed by atoms with Crippen molar-refractivity contribution < 1.29 is 9.84 Å². The van der Waals surface area contributed by atoms with Crippen LogP contribution in [0.4, 0.5) is 0 Å². The maximum absolute atomic E-state index is 10.1. The Morgan fingerprint density at radius 3 is 2.83 bits per heavy atom. The van der Waals surface area contributed by atoms with Crippen molar-refractivity contribution in [3.8, 4) is 5.75 Å². The van der Waals surface area contributed by atoms with Gasteiger partial charge in [-0.1, -0.05) is 12.1 Å². The van der Waals surface area contributed by atoms with E-state index in [1.165, 1.54) is 0 Å². The van der Waals surface area contributed by atoms with Gasteiger partial charge in [-0.3, -0.25) is 5.01 Å². The molecule has 1 N–H and O–H groups in total. The van der Waals surface area contributed by atoms with Crippen LogP contribution in [0.5, 0.6) is 5.75 Å². The number of thiophene rings is 1. The van der Waals surface area contributed by atoms with Crippen LogP contribution in [0, 0.1) is 0 Å². The normalized spacial score (nSPS) is 16.8. The lowest BCUT2D eigenvalue weighted by molar-refractivity contribution is 0.0397. The summed E-state index contributed by atoms with van der Waals surface area (Å²) in [6.07, 6.45) is 1.74. The monoisotopic (exact) mass is 262 g/mol. The predicted molar refractivity (Wildman–Crippen MR) is 73.5 cm³/mol. The quantitative estimate of drug-likeness (QED) is 0.844. The zero-order valence-electron chi connectivity index (χ0n) is 9.87. The Bertz CT molecular complexity index is 573. The van der Waals surface area contributed by atoms with Gasteiger partial charge in [-0.15, -0.1) is 11.3 Å². The lowest BCUT2D eigenvalue weighted by atomic mass is 10.2. The van der Waals surface area contributed by atoms with Gasteiger partial charge in [0.25, 0.3) is 0 Å². The number of aromatic hydroxyl groups is 1. The largest absolute Gasteiger partial charge is 0.506 e. The Labute approximate surface area is 109 Å². The highest BCUT2D eigenvalue weighted by Crippen LogP contribution is 2.35. The lowest BCUT2D eigenvalue weighted by Crippen LogP contribution is -2.32. The fourth-order valence-corrected chi connectivity index (χ4v) is 2.91.